The van der Waals surface area contributed by atoms with Gasteiger partial charge in [0.25, 0.3) is 5.91 Å². The summed E-state index contributed by atoms with van der Waals surface area (Å²) >= 11 is 0. The van der Waals surface area contributed by atoms with Gasteiger partial charge in [-0.15, -0.1) is 0 Å². The van der Waals surface area contributed by atoms with Crippen LogP contribution in [0.3, 0.4) is 0 Å². The zero-order chi connectivity index (χ0) is 27.3. The molecule has 12 heteroatoms. The molecular formula is C25H28F4N4O3S. The van der Waals surface area contributed by atoms with Crippen molar-refractivity contribution in [2.24, 2.45) is 0 Å². The van der Waals surface area contributed by atoms with Crippen molar-refractivity contribution in [3.8, 4) is 11.4 Å². The van der Waals surface area contributed by atoms with E-state index in [2.05, 4.69) is 4.98 Å². The second kappa shape index (κ2) is 9.71. The molecule has 0 saturated heterocycles. The lowest BCUT2D eigenvalue weighted by Crippen LogP contribution is -2.42. The number of rotatable bonds is 6. The zero-order valence-corrected chi connectivity index (χ0v) is 21.7. The van der Waals surface area contributed by atoms with Gasteiger partial charge in [0.05, 0.1) is 22.5 Å². The molecule has 0 aliphatic heterocycles. The lowest BCUT2D eigenvalue weighted by atomic mass is 10.1. The lowest BCUT2D eigenvalue weighted by molar-refractivity contribution is -0.147. The Morgan fingerprint density at radius 2 is 1.84 bits per heavy atom. The molecule has 7 nitrogen and oxygen atoms in total. The van der Waals surface area contributed by atoms with Crippen molar-refractivity contribution in [2.75, 3.05) is 14.1 Å². The number of aryl methyl sites for hydroxylation is 1. The van der Waals surface area contributed by atoms with Crippen LogP contribution in [-0.2, 0) is 10.0 Å². The predicted molar refractivity (Wildman–Crippen MR) is 131 cm³/mol. The van der Waals surface area contributed by atoms with Gasteiger partial charge in [0.2, 0.25) is 10.0 Å². The summed E-state index contributed by atoms with van der Waals surface area (Å²) in [4.78, 5) is 18.6. The number of nitrogens with zero attached hydrogens (tertiary/aromatic N) is 3. The number of halogens is 4. The van der Waals surface area contributed by atoms with Crippen LogP contribution in [0.1, 0.15) is 54.6 Å². The van der Waals surface area contributed by atoms with Gasteiger partial charge in [0, 0.05) is 31.7 Å². The molecule has 3 aromatic rings. The number of carbonyl (C=O) groups is 1. The number of benzene rings is 1. The van der Waals surface area contributed by atoms with E-state index < -0.39 is 33.0 Å². The van der Waals surface area contributed by atoms with E-state index in [0.29, 0.717) is 29.1 Å². The number of carbonyl (C=O) groups excluding carboxylic acids is 1. The second-order valence-electron chi connectivity index (χ2n) is 9.61. The highest BCUT2D eigenvalue weighted by Crippen LogP contribution is 2.42. The van der Waals surface area contributed by atoms with Crippen molar-refractivity contribution in [3.05, 3.63) is 47.4 Å². The molecule has 2 heterocycles. The normalized spacial score (nSPS) is 15.9. The molecule has 0 bridgehead atoms. The molecule has 1 fully saturated rings. The molecule has 1 N–H and O–H groups in total. The number of fused-ring (bicyclic) bond motifs is 1. The van der Waals surface area contributed by atoms with Crippen LogP contribution in [0.15, 0.2) is 35.4 Å². The van der Waals surface area contributed by atoms with Gasteiger partial charge in [-0.25, -0.2) is 12.8 Å². The number of sulfonamides is 1. The smallest absolute Gasteiger partial charge is 0.345 e. The predicted octanol–water partition coefficient (Wildman–Crippen LogP) is 5.20. The van der Waals surface area contributed by atoms with Crippen LogP contribution in [0.25, 0.3) is 22.3 Å². The van der Waals surface area contributed by atoms with Crippen molar-refractivity contribution >= 4 is 26.8 Å². The molecule has 200 valence electrons. The SMILES string of the molecule is Cc1cc2c(cc1F)c(C(=O)N(C)C)c(-c1ccc(S(=O)(=O)N[C@@H](C)C(F)(F)F)cn1)n2C1CCCC1. The van der Waals surface area contributed by atoms with Crippen molar-refractivity contribution < 1.29 is 30.8 Å². The Bertz CT molecular complexity index is 1440. The first-order valence-electron chi connectivity index (χ1n) is 11.8. The van der Waals surface area contributed by atoms with Crippen LogP contribution >= 0.6 is 0 Å². The van der Waals surface area contributed by atoms with Crippen molar-refractivity contribution in [2.45, 2.75) is 62.7 Å². The average molecular weight is 541 g/mol. The number of pyridine rings is 1. The van der Waals surface area contributed by atoms with Gasteiger partial charge >= 0.3 is 6.18 Å². The number of alkyl halides is 3. The fourth-order valence-corrected chi connectivity index (χ4v) is 5.89. The van der Waals surface area contributed by atoms with Gasteiger partial charge in [-0.1, -0.05) is 12.8 Å². The summed E-state index contributed by atoms with van der Waals surface area (Å²) in [6.45, 7) is 2.35. The Kier molecular flexibility index (Phi) is 7.10. The molecule has 4 rings (SSSR count). The highest BCUT2D eigenvalue weighted by Gasteiger charge is 2.39. The Morgan fingerprint density at radius 1 is 1.19 bits per heavy atom. The van der Waals surface area contributed by atoms with Crippen LogP contribution in [-0.4, -0.2) is 55.1 Å². The van der Waals surface area contributed by atoms with Gasteiger partial charge in [0.15, 0.2) is 0 Å². The standard InChI is InChI=1S/C25H28F4N4O3S/c1-14-11-21-18(12-19(14)26)22(24(34)32(3)4)23(33(21)16-7-5-6-8-16)20-10-9-17(13-30-20)37(35,36)31-15(2)25(27,28)29/h9-13,15-16,31H,5-8H2,1-4H3/t15-/m0/s1. The Morgan fingerprint density at radius 3 is 2.38 bits per heavy atom. The second-order valence-corrected chi connectivity index (χ2v) is 11.3. The maximum absolute atomic E-state index is 14.7. The van der Waals surface area contributed by atoms with Crippen molar-refractivity contribution in [1.82, 2.24) is 19.2 Å². The van der Waals surface area contributed by atoms with Crippen LogP contribution < -0.4 is 4.72 Å². The molecule has 0 unspecified atom stereocenters. The first-order valence-corrected chi connectivity index (χ1v) is 13.3. The molecule has 0 spiro atoms. The van der Waals surface area contributed by atoms with Crippen molar-refractivity contribution in [1.29, 1.82) is 0 Å². The first-order chi connectivity index (χ1) is 17.2. The van der Waals surface area contributed by atoms with Gasteiger partial charge in [-0.3, -0.25) is 9.78 Å². The number of aromatic nitrogens is 2. The Labute approximate surface area is 212 Å². The van der Waals surface area contributed by atoms with Crippen LogP contribution in [0.4, 0.5) is 17.6 Å². The third kappa shape index (κ3) is 5.08. The van der Waals surface area contributed by atoms with Gasteiger partial charge < -0.3 is 9.47 Å². The highest BCUT2D eigenvalue weighted by atomic mass is 32.2. The summed E-state index contributed by atoms with van der Waals surface area (Å²) in [7, 11) is -1.36. The number of hydrogen-bond donors (Lipinski definition) is 1. The van der Waals surface area contributed by atoms with Crippen LogP contribution in [0.2, 0.25) is 0 Å². The summed E-state index contributed by atoms with van der Waals surface area (Å²) in [6, 6.07) is 3.27. The van der Waals surface area contributed by atoms with E-state index in [-0.39, 0.29) is 23.2 Å². The maximum atomic E-state index is 14.7. The molecule has 1 aliphatic rings. The van der Waals surface area contributed by atoms with E-state index >= 15 is 0 Å². The number of amides is 1. The third-order valence-corrected chi connectivity index (χ3v) is 8.23. The van der Waals surface area contributed by atoms with Gasteiger partial charge in [-0.2, -0.15) is 17.9 Å². The van der Waals surface area contributed by atoms with E-state index in [9.17, 15) is 30.8 Å². The minimum absolute atomic E-state index is 0.0191. The molecule has 1 aliphatic carbocycles. The molecule has 1 amide bonds. The molecule has 37 heavy (non-hydrogen) atoms. The van der Waals surface area contributed by atoms with E-state index in [1.165, 1.54) is 17.0 Å². The third-order valence-electron chi connectivity index (χ3n) is 6.71. The molecule has 2 aromatic heterocycles. The highest BCUT2D eigenvalue weighted by molar-refractivity contribution is 7.89. The number of nitrogens with one attached hydrogen (secondary N) is 1. The van der Waals surface area contributed by atoms with Gasteiger partial charge in [-0.05, 0) is 56.5 Å². The minimum atomic E-state index is -4.75. The largest absolute Gasteiger partial charge is 0.404 e. The quantitative estimate of drug-likeness (QED) is 0.436. The van der Waals surface area contributed by atoms with E-state index in [4.69, 9.17) is 0 Å². The summed E-state index contributed by atoms with van der Waals surface area (Å²) in [5.41, 5.74) is 2.00. The monoisotopic (exact) mass is 540 g/mol. The Hall–Kier alpha value is -2.99. The summed E-state index contributed by atoms with van der Waals surface area (Å²) in [6.07, 6.45) is -0.142. The van der Waals surface area contributed by atoms with Crippen LogP contribution in [0.5, 0.6) is 0 Å². The summed E-state index contributed by atoms with van der Waals surface area (Å²) < 4.78 is 82.1. The molecule has 1 saturated carbocycles. The molecule has 0 radical (unpaired) electrons. The summed E-state index contributed by atoms with van der Waals surface area (Å²) in [5, 5.41) is 0.419. The van der Waals surface area contributed by atoms with Crippen LogP contribution in [0, 0.1) is 12.7 Å². The average Bonchev–Trinajstić information content (AvgIpc) is 3.44. The zero-order valence-electron chi connectivity index (χ0n) is 20.9. The summed E-state index contributed by atoms with van der Waals surface area (Å²) in [5.74, 6) is -0.839. The topological polar surface area (TPSA) is 84.3 Å². The minimum Gasteiger partial charge on any atom is -0.345 e. The fourth-order valence-electron chi connectivity index (χ4n) is 4.71. The van der Waals surface area contributed by atoms with E-state index in [0.717, 1.165) is 37.9 Å². The lowest BCUT2D eigenvalue weighted by Gasteiger charge is -2.20. The molecule has 1 aromatic carbocycles. The Balaban J connectivity index is 1.92. The fraction of sp³-hybridized carbons (Fsp3) is 0.440. The van der Waals surface area contributed by atoms with E-state index in [1.54, 1.807) is 31.8 Å². The van der Waals surface area contributed by atoms with Crippen molar-refractivity contribution in [3.63, 3.8) is 0 Å². The molecule has 1 atom stereocenters. The maximum Gasteiger partial charge on any atom is 0.404 e. The first kappa shape index (κ1) is 27.1. The van der Waals surface area contributed by atoms with E-state index in [1.807, 2.05) is 4.57 Å². The number of hydrogen-bond acceptors (Lipinski definition) is 4. The molecular weight excluding hydrogens is 512 g/mol. The van der Waals surface area contributed by atoms with Gasteiger partial charge in [0.1, 0.15) is 16.8 Å².